The van der Waals surface area contributed by atoms with Crippen LogP contribution >= 0.6 is 0 Å². The van der Waals surface area contributed by atoms with Gasteiger partial charge in [-0.3, -0.25) is 0 Å². The van der Waals surface area contributed by atoms with E-state index < -0.39 is 0 Å². The van der Waals surface area contributed by atoms with Gasteiger partial charge in [-0.2, -0.15) is 4.24 Å². The largest absolute Gasteiger partial charge is 0.362 e. The summed E-state index contributed by atoms with van der Waals surface area (Å²) in [5.41, 5.74) is 4.29. The third kappa shape index (κ3) is 0.965. The summed E-state index contributed by atoms with van der Waals surface area (Å²) in [4.78, 5) is 2.34. The predicted molar refractivity (Wildman–Crippen MR) is 59.3 cm³/mol. The molecule has 0 aromatic carbocycles. The van der Waals surface area contributed by atoms with E-state index in [9.17, 15) is 0 Å². The van der Waals surface area contributed by atoms with Gasteiger partial charge in [-0.05, 0) is 25.5 Å². The van der Waals surface area contributed by atoms with Crippen molar-refractivity contribution >= 4 is 5.57 Å². The van der Waals surface area contributed by atoms with Gasteiger partial charge in [0.15, 0.2) is 12.4 Å². The van der Waals surface area contributed by atoms with Gasteiger partial charge in [0.2, 0.25) is 5.35 Å². The molecule has 2 aliphatic rings. The zero-order valence-electron chi connectivity index (χ0n) is 9.36. The Morgan fingerprint density at radius 2 is 2.07 bits per heavy atom. The van der Waals surface area contributed by atoms with Gasteiger partial charge in [-0.1, -0.05) is 0 Å². The maximum Gasteiger partial charge on any atom is 0.216 e. The molecule has 2 heteroatoms. The van der Waals surface area contributed by atoms with Crippen LogP contribution in [0.5, 0.6) is 0 Å². The molecule has 1 aromatic heterocycles. The van der Waals surface area contributed by atoms with Gasteiger partial charge in [0.1, 0.15) is 6.04 Å². The van der Waals surface area contributed by atoms with Crippen molar-refractivity contribution in [3.05, 3.63) is 47.2 Å². The van der Waals surface area contributed by atoms with E-state index in [0.29, 0.717) is 6.04 Å². The molecule has 15 heavy (non-hydrogen) atoms. The van der Waals surface area contributed by atoms with Crippen LogP contribution in [-0.4, -0.2) is 18.0 Å². The normalized spacial score (nSPS) is 23.0. The first kappa shape index (κ1) is 8.72. The second-order valence-electron chi connectivity index (χ2n) is 4.32. The molecule has 0 fully saturated rings. The van der Waals surface area contributed by atoms with E-state index in [1.165, 1.54) is 22.2 Å². The topological polar surface area (TPSA) is 9.14 Å². The Bertz CT molecular complexity index is 581. The van der Waals surface area contributed by atoms with Crippen LogP contribution in [0.2, 0.25) is 0 Å². The van der Waals surface area contributed by atoms with Gasteiger partial charge in [-0.15, -0.1) is 0 Å². The lowest BCUT2D eigenvalue weighted by Crippen LogP contribution is -2.34. The van der Waals surface area contributed by atoms with E-state index in [2.05, 4.69) is 60.6 Å². The second-order valence-corrected chi connectivity index (χ2v) is 4.32. The summed E-state index contributed by atoms with van der Waals surface area (Å²) >= 11 is 0. The second kappa shape index (κ2) is 2.72. The molecule has 1 atom stereocenters. The highest BCUT2D eigenvalue weighted by Crippen LogP contribution is 2.32. The summed E-state index contributed by atoms with van der Waals surface area (Å²) < 4.78 is 2.23. The first-order valence-corrected chi connectivity index (χ1v) is 5.33. The maximum absolute atomic E-state index is 2.34. The van der Waals surface area contributed by atoms with Crippen LogP contribution in [0.25, 0.3) is 5.57 Å². The fraction of sp³-hybridized carbons (Fsp3) is 0.308. The molecule has 1 aromatic rings. The van der Waals surface area contributed by atoms with E-state index in [4.69, 9.17) is 0 Å². The molecule has 3 heterocycles. The zero-order valence-corrected chi connectivity index (χ0v) is 9.36. The molecule has 1 unspecified atom stereocenters. The van der Waals surface area contributed by atoms with Crippen molar-refractivity contribution in [1.29, 1.82) is 0 Å². The number of fused-ring (bicyclic) bond motifs is 2. The number of pyridine rings is 1. The Balaban J connectivity index is 2.41. The monoisotopic (exact) mass is 199 g/mol. The molecule has 0 N–H and O–H groups in total. The predicted octanol–water partition coefficient (Wildman–Crippen LogP) is 0.756. The van der Waals surface area contributed by atoms with Gasteiger partial charge in [0.25, 0.3) is 0 Å². The molecule has 0 radical (unpaired) electrons. The number of hydrogen-bond donors (Lipinski definition) is 0. The molecule has 0 aliphatic carbocycles. The fourth-order valence-corrected chi connectivity index (χ4v) is 2.57. The SMILES string of the molecule is CC1=C(C)N(C)C2C=[n+]3ccccc3=C12. The number of allylic oxidation sites excluding steroid dienone is 1. The van der Waals surface area contributed by atoms with Crippen LogP contribution in [0.15, 0.2) is 35.7 Å². The van der Waals surface area contributed by atoms with E-state index in [1.807, 2.05) is 0 Å². The summed E-state index contributed by atoms with van der Waals surface area (Å²) in [5.74, 6) is 0. The quantitative estimate of drug-likeness (QED) is 0.560. The fourth-order valence-electron chi connectivity index (χ4n) is 2.57. The standard InChI is InChI=1S/C13H15N2/c1-9-10(2)14(3)12-8-15-7-5-4-6-11(15)13(9)12/h4-8,12H,1-3H3/q+1. The number of nitrogens with zero attached hydrogens (tertiary/aromatic N) is 2. The molecule has 2 aliphatic heterocycles. The molecule has 0 amide bonds. The molecule has 0 saturated heterocycles. The third-order valence-corrected chi connectivity index (χ3v) is 3.66. The highest BCUT2D eigenvalue weighted by atomic mass is 15.2. The van der Waals surface area contributed by atoms with Crippen molar-refractivity contribution in [2.24, 2.45) is 0 Å². The van der Waals surface area contributed by atoms with E-state index in [-0.39, 0.29) is 0 Å². The molecule has 0 saturated carbocycles. The first-order chi connectivity index (χ1) is 7.20. The van der Waals surface area contributed by atoms with Crippen molar-refractivity contribution in [1.82, 2.24) is 4.90 Å². The summed E-state index contributed by atoms with van der Waals surface area (Å²) in [5, 5.41) is 1.34. The average Bonchev–Trinajstić information content (AvgIpc) is 2.72. The van der Waals surface area contributed by atoms with Crippen molar-refractivity contribution in [3.8, 4) is 0 Å². The maximum atomic E-state index is 2.34. The van der Waals surface area contributed by atoms with E-state index >= 15 is 0 Å². The molecular formula is C13H15N2+. The molecular weight excluding hydrogens is 184 g/mol. The van der Waals surface area contributed by atoms with Crippen LogP contribution in [0.1, 0.15) is 13.8 Å². The molecule has 3 rings (SSSR count). The highest BCUT2D eigenvalue weighted by Gasteiger charge is 2.36. The lowest BCUT2D eigenvalue weighted by molar-refractivity contribution is -0.522. The Morgan fingerprint density at radius 3 is 2.87 bits per heavy atom. The van der Waals surface area contributed by atoms with Crippen LogP contribution in [0, 0.1) is 6.21 Å². The summed E-state index contributed by atoms with van der Waals surface area (Å²) in [6.07, 6.45) is 4.40. The Kier molecular flexibility index (Phi) is 1.58. The molecule has 2 nitrogen and oxygen atoms in total. The van der Waals surface area contributed by atoms with Gasteiger partial charge in [-0.25, -0.2) is 0 Å². The van der Waals surface area contributed by atoms with Crippen molar-refractivity contribution in [3.63, 3.8) is 0 Å². The van der Waals surface area contributed by atoms with Gasteiger partial charge >= 0.3 is 0 Å². The zero-order chi connectivity index (χ0) is 10.6. The lowest BCUT2D eigenvalue weighted by atomic mass is 10.1. The van der Waals surface area contributed by atoms with Crippen molar-refractivity contribution < 1.29 is 4.24 Å². The minimum absolute atomic E-state index is 0.437. The lowest BCUT2D eigenvalue weighted by Gasteiger charge is -2.16. The number of aromatic nitrogens is 1. The molecule has 0 bridgehead atoms. The first-order valence-electron chi connectivity index (χ1n) is 5.33. The van der Waals surface area contributed by atoms with Gasteiger partial charge in [0, 0.05) is 24.9 Å². The minimum atomic E-state index is 0.437. The average molecular weight is 199 g/mol. The van der Waals surface area contributed by atoms with Gasteiger partial charge in [0.05, 0.1) is 5.57 Å². The van der Waals surface area contributed by atoms with Crippen molar-refractivity contribution in [2.75, 3.05) is 7.05 Å². The number of rotatable bonds is 0. The van der Waals surface area contributed by atoms with Crippen molar-refractivity contribution in [2.45, 2.75) is 19.9 Å². The summed E-state index contributed by atoms with van der Waals surface area (Å²) in [6, 6.07) is 6.82. The third-order valence-electron chi connectivity index (χ3n) is 3.66. The smallest absolute Gasteiger partial charge is 0.216 e. The Hall–Kier alpha value is -1.57. The Labute approximate surface area is 89.5 Å². The minimum Gasteiger partial charge on any atom is -0.362 e. The van der Waals surface area contributed by atoms with E-state index in [0.717, 1.165) is 0 Å². The highest BCUT2D eigenvalue weighted by molar-refractivity contribution is 5.72. The van der Waals surface area contributed by atoms with Crippen LogP contribution in [-0.2, 0) is 0 Å². The van der Waals surface area contributed by atoms with Crippen LogP contribution in [0.4, 0.5) is 0 Å². The number of hydrogen-bond acceptors (Lipinski definition) is 1. The summed E-state index contributed by atoms with van der Waals surface area (Å²) in [7, 11) is 2.17. The van der Waals surface area contributed by atoms with E-state index in [1.54, 1.807) is 0 Å². The van der Waals surface area contributed by atoms with Gasteiger partial charge < -0.3 is 4.90 Å². The van der Waals surface area contributed by atoms with Crippen LogP contribution in [0.3, 0.4) is 0 Å². The molecule has 76 valence electrons. The summed E-state index contributed by atoms with van der Waals surface area (Å²) in [6.45, 7) is 4.42. The van der Waals surface area contributed by atoms with Crippen LogP contribution < -0.4 is 9.59 Å². The Morgan fingerprint density at radius 1 is 1.27 bits per heavy atom. The molecule has 0 spiro atoms.